The van der Waals surface area contributed by atoms with Crippen LogP contribution in [0.2, 0.25) is 0 Å². The zero-order valence-electron chi connectivity index (χ0n) is 5.37. The summed E-state index contributed by atoms with van der Waals surface area (Å²) < 4.78 is 0. The number of nitrogens with zero attached hydrogens (tertiary/aromatic N) is 12. The highest BCUT2D eigenvalue weighted by atomic mass is 15.0. The normalized spacial score (nSPS) is 2.67. The molecule has 0 aromatic carbocycles. The van der Waals surface area contributed by atoms with Crippen LogP contribution in [0.3, 0.4) is 0 Å². The first-order chi connectivity index (χ1) is 5.66. The van der Waals surface area contributed by atoms with Gasteiger partial charge in [-0.05, 0) is 0 Å². The van der Waals surface area contributed by atoms with Gasteiger partial charge in [-0.15, -0.1) is 0 Å². The zero-order chi connectivity index (χ0) is 10.8. The van der Waals surface area contributed by atoms with Crippen LogP contribution < -0.4 is 0 Å². The highest BCUT2D eigenvalue weighted by Crippen LogP contribution is 1.30. The molecule has 0 atom stereocenters. The molecule has 0 N–H and O–H groups in total. The van der Waals surface area contributed by atoms with Crippen molar-refractivity contribution in [1.29, 1.82) is 0 Å². The summed E-state index contributed by atoms with van der Waals surface area (Å²) >= 11 is 0. The van der Waals surface area contributed by atoms with E-state index >= 15 is 0 Å². The maximum atomic E-state index is 6.75. The van der Waals surface area contributed by atoms with Gasteiger partial charge in [0.15, 0.2) is 0 Å². The first-order valence-electron chi connectivity index (χ1n) is 1.60. The van der Waals surface area contributed by atoms with E-state index in [0.717, 1.165) is 0 Å². The van der Waals surface area contributed by atoms with E-state index in [1.165, 1.54) is 19.6 Å². The van der Waals surface area contributed by atoms with Gasteiger partial charge < -0.3 is 44.2 Å². The third-order valence-corrected chi connectivity index (χ3v) is 0. The van der Waals surface area contributed by atoms with Gasteiger partial charge in [-0.2, -0.15) is 0 Å². The molecule has 0 bridgehead atoms. The highest BCUT2D eigenvalue weighted by Gasteiger charge is 0.697. The largest absolute Gasteiger partial charge is 0.373 e. The summed E-state index contributed by atoms with van der Waals surface area (Å²) in [6.45, 7) is 0. The zero-order valence-corrected chi connectivity index (χ0v) is 5.37. The van der Waals surface area contributed by atoms with Crippen molar-refractivity contribution in [1.82, 2.24) is 0 Å². The molecule has 0 aromatic rings. The lowest BCUT2D eigenvalue weighted by Crippen LogP contribution is -0.711. The molecule has 0 amide bonds. The van der Waals surface area contributed by atoms with Crippen LogP contribution in [0.25, 0.3) is 63.9 Å². The van der Waals surface area contributed by atoms with Gasteiger partial charge in [0.1, 0.15) is 0 Å². The van der Waals surface area contributed by atoms with Crippen molar-refractivity contribution in [3.05, 3.63) is 63.9 Å². The highest BCUT2D eigenvalue weighted by molar-refractivity contribution is 4.37. The van der Waals surface area contributed by atoms with Crippen LogP contribution in [0, 0.1) is 0 Å². The molecule has 64 valence electrons. The summed E-state index contributed by atoms with van der Waals surface area (Å²) in [4.78, 5) is 6.00. The van der Waals surface area contributed by atoms with Crippen LogP contribution in [-0.4, -0.2) is 0 Å². The Kier molecular flexibility index (Phi) is 535. The molecular weight excluding hydrogens is 168 g/mol. The van der Waals surface area contributed by atoms with Gasteiger partial charge in [0.2, 0.25) is 0 Å². The van der Waals surface area contributed by atoms with Gasteiger partial charge >= 0.3 is 0 Å². The van der Waals surface area contributed by atoms with E-state index in [1.54, 1.807) is 0 Å². The van der Waals surface area contributed by atoms with Crippen LogP contribution in [0.1, 0.15) is 0 Å². The smallest absolute Gasteiger partial charge is 0.255 e. The first-order valence-corrected chi connectivity index (χ1v) is 1.60. The van der Waals surface area contributed by atoms with E-state index in [4.69, 9.17) is 44.2 Å². The van der Waals surface area contributed by atoms with Crippen LogP contribution >= 0.6 is 0 Å². The van der Waals surface area contributed by atoms with Crippen molar-refractivity contribution in [2.45, 2.75) is 0 Å². The van der Waals surface area contributed by atoms with Crippen molar-refractivity contribution in [2.24, 2.45) is 0 Å². The van der Waals surface area contributed by atoms with E-state index < -0.39 is 0 Å². The Morgan fingerprint density at radius 2 is 0.333 bits per heavy atom. The maximum Gasteiger partial charge on any atom is -0.255 e. The molecule has 12 heteroatoms. The lowest BCUT2D eigenvalue weighted by molar-refractivity contribution is 2.36. The summed E-state index contributed by atoms with van der Waals surface area (Å²) in [7, 11) is 0. The van der Waals surface area contributed by atoms with Crippen molar-refractivity contribution in [3.63, 3.8) is 0 Å². The fraction of sp³-hybridized carbons (Fsp3) is 0. The van der Waals surface area contributed by atoms with Crippen molar-refractivity contribution in [3.8, 4) is 0 Å². The van der Waals surface area contributed by atoms with Crippen LogP contribution in [0.5, 0.6) is 0 Å². The van der Waals surface area contributed by atoms with Gasteiger partial charge in [-0.25, -0.2) is 0 Å². The fourth-order valence-corrected chi connectivity index (χ4v) is 0. The number of hydrogen-bond acceptors (Lipinski definition) is 0. The number of hydrogen-bond donors (Lipinski definition) is 0. The molecule has 0 aliphatic rings. The Hall–Kier alpha value is -2.76. The molecule has 0 spiro atoms. The SMILES string of the molecule is [N-]=[N+]=[N-].[N-]=[N+]=[N-].[N-]=[N+]=[N-].[N-]=[N+]=[N-]. The molecule has 0 aliphatic heterocycles. The summed E-state index contributed by atoms with van der Waals surface area (Å²) in [6.07, 6.45) is 0. The van der Waals surface area contributed by atoms with Crippen LogP contribution in [-0.2, 0) is 0 Å². The average Bonchev–Trinajstić information content (AvgIpc) is 1.92. The summed E-state index contributed by atoms with van der Waals surface area (Å²) in [5, 5.41) is 0. The van der Waals surface area contributed by atoms with E-state index in [-0.39, 0.29) is 0 Å². The minimum Gasteiger partial charge on any atom is -0.373 e. The van der Waals surface area contributed by atoms with Crippen molar-refractivity contribution < 1.29 is 0 Å². The van der Waals surface area contributed by atoms with Gasteiger partial charge in [0, 0.05) is 0 Å². The second-order valence-electron chi connectivity index (χ2n) is 0.358. The van der Waals surface area contributed by atoms with Gasteiger partial charge in [0.05, 0.1) is 0 Å². The average molecular weight is 168 g/mol. The van der Waals surface area contributed by atoms with Gasteiger partial charge in [-0.3, -0.25) is 19.6 Å². The van der Waals surface area contributed by atoms with Crippen molar-refractivity contribution >= 4 is 0 Å². The van der Waals surface area contributed by atoms with Crippen molar-refractivity contribution in [2.75, 3.05) is 0 Å². The molecule has 0 aliphatic carbocycles. The number of rotatable bonds is 0. The summed E-state index contributed by atoms with van der Waals surface area (Å²) in [5.74, 6) is 0. The quantitative estimate of drug-likeness (QED) is 0.286. The second kappa shape index (κ2) is 281. The topological polar surface area (TPSA) is 235 Å². The van der Waals surface area contributed by atoms with Crippen LogP contribution in [0.15, 0.2) is 0 Å². The molecule has 0 rings (SSSR count). The minimum absolute atomic E-state index is 1.50. The molecule has 0 saturated heterocycles. The second-order valence-corrected chi connectivity index (χ2v) is 0.358. The molecule has 12 nitrogen and oxygen atoms in total. The fourth-order valence-electron chi connectivity index (χ4n) is 0. The van der Waals surface area contributed by atoms with Crippen LogP contribution in [0.4, 0.5) is 0 Å². The predicted molar refractivity (Wildman–Crippen MR) is 40.3 cm³/mol. The van der Waals surface area contributed by atoms with E-state index in [1.807, 2.05) is 0 Å². The lowest BCUT2D eigenvalue weighted by atomic mass is 13.0. The Bertz CT molecular complexity index is 132. The predicted octanol–water partition coefficient (Wildman–Crippen LogP) is 3.46. The van der Waals surface area contributed by atoms with Gasteiger partial charge in [0.25, 0.3) is 0 Å². The monoisotopic (exact) mass is 168 g/mol. The Morgan fingerprint density at radius 3 is 0.333 bits per heavy atom. The molecule has 0 fully saturated rings. The molecule has 0 heterocycles. The molecule has 0 aromatic heterocycles. The Morgan fingerprint density at radius 1 is 0.333 bits per heavy atom. The lowest BCUT2D eigenvalue weighted by Gasteiger charge is -1.32. The van der Waals surface area contributed by atoms with Gasteiger partial charge in [-0.1, -0.05) is 0 Å². The Labute approximate surface area is 65.1 Å². The third kappa shape index (κ3) is 37.0. The summed E-state index contributed by atoms with van der Waals surface area (Å²) in [6, 6.07) is 0. The standard InChI is InChI=1S/4N3/c4*1-3-2/q4*-1. The van der Waals surface area contributed by atoms with E-state index in [0.29, 0.717) is 0 Å². The molecule has 0 radical (unpaired) electrons. The molecular formula is N12-4. The third-order valence-electron chi connectivity index (χ3n) is 0. The minimum atomic E-state index is 1.50. The Balaban J connectivity index is -0.0000000356. The first kappa shape index (κ1) is 22.8. The summed E-state index contributed by atoms with van der Waals surface area (Å²) in [5.41, 5.74) is 54.0. The van der Waals surface area contributed by atoms with E-state index in [2.05, 4.69) is 0 Å². The van der Waals surface area contributed by atoms with E-state index in [9.17, 15) is 0 Å². The molecule has 12 heavy (non-hydrogen) atoms. The maximum absolute atomic E-state index is 6.75. The molecule has 0 saturated carbocycles. The molecule has 0 unspecified atom stereocenters.